The fourth-order valence-corrected chi connectivity index (χ4v) is 4.19. The van der Waals surface area contributed by atoms with Gasteiger partial charge in [-0.05, 0) is 51.9 Å². The highest BCUT2D eigenvalue weighted by Crippen LogP contribution is 2.30. The van der Waals surface area contributed by atoms with Crippen LogP contribution in [0.1, 0.15) is 56.3 Å². The number of hydrogen-bond donors (Lipinski definition) is 1. The zero-order valence-electron chi connectivity index (χ0n) is 18.1. The minimum Gasteiger partial charge on any atom is -0.487 e. The summed E-state index contributed by atoms with van der Waals surface area (Å²) in [6.07, 6.45) is 9.13. The Labute approximate surface area is 181 Å². The Hall–Kier alpha value is -2.52. The maximum Gasteiger partial charge on any atom is 0.306 e. The number of rotatable bonds is 7. The van der Waals surface area contributed by atoms with Gasteiger partial charge in [-0.1, -0.05) is 0 Å². The summed E-state index contributed by atoms with van der Waals surface area (Å²) in [5, 5.41) is 13.6. The van der Waals surface area contributed by atoms with E-state index in [0.717, 1.165) is 50.0 Å². The largest absolute Gasteiger partial charge is 0.487 e. The minimum atomic E-state index is -0.749. The summed E-state index contributed by atoms with van der Waals surface area (Å²) in [5.41, 5.74) is 2.42. The normalized spacial score (nSPS) is 24.1. The molecule has 0 radical (unpaired) electrons. The van der Waals surface area contributed by atoms with E-state index in [1.165, 1.54) is 0 Å². The molecule has 2 aromatic heterocycles. The molecule has 3 heterocycles. The highest BCUT2D eigenvalue weighted by atomic mass is 16.7. The van der Waals surface area contributed by atoms with Crippen LogP contribution in [0, 0.1) is 12.8 Å². The van der Waals surface area contributed by atoms with Crippen LogP contribution in [0.3, 0.4) is 0 Å². The van der Waals surface area contributed by atoms with Crippen LogP contribution in [0.15, 0.2) is 12.4 Å². The first kappa shape index (κ1) is 21.7. The van der Waals surface area contributed by atoms with Gasteiger partial charge in [0.15, 0.2) is 17.9 Å². The van der Waals surface area contributed by atoms with Crippen molar-refractivity contribution in [2.45, 2.75) is 70.9 Å². The van der Waals surface area contributed by atoms with Gasteiger partial charge in [0.1, 0.15) is 0 Å². The summed E-state index contributed by atoms with van der Waals surface area (Å²) in [5.74, 6) is 0.0668. The van der Waals surface area contributed by atoms with Crippen LogP contribution in [0.25, 0.3) is 11.4 Å². The zero-order valence-corrected chi connectivity index (χ0v) is 18.1. The molecule has 31 heavy (non-hydrogen) atoms. The Balaban J connectivity index is 1.45. The minimum absolute atomic E-state index is 0.124. The van der Waals surface area contributed by atoms with Crippen LogP contribution in [-0.2, 0) is 27.9 Å². The lowest BCUT2D eigenvalue weighted by atomic mass is 9.87. The lowest BCUT2D eigenvalue weighted by molar-refractivity contribution is -0.169. The average Bonchev–Trinajstić information content (AvgIpc) is 3.15. The summed E-state index contributed by atoms with van der Waals surface area (Å²) >= 11 is 0. The summed E-state index contributed by atoms with van der Waals surface area (Å²) in [7, 11) is 1.87. The van der Waals surface area contributed by atoms with E-state index in [2.05, 4.69) is 15.1 Å². The van der Waals surface area contributed by atoms with Crippen LogP contribution in [-0.4, -0.2) is 49.8 Å². The number of nitrogens with zero attached hydrogens (tertiary/aromatic N) is 4. The predicted molar refractivity (Wildman–Crippen MR) is 111 cm³/mol. The molecule has 1 saturated carbocycles. The van der Waals surface area contributed by atoms with E-state index in [1.54, 1.807) is 17.1 Å². The van der Waals surface area contributed by atoms with E-state index >= 15 is 0 Å². The molecule has 9 heteroatoms. The zero-order chi connectivity index (χ0) is 21.8. The van der Waals surface area contributed by atoms with E-state index in [9.17, 15) is 9.90 Å². The van der Waals surface area contributed by atoms with Gasteiger partial charge in [-0.3, -0.25) is 9.48 Å². The van der Waals surface area contributed by atoms with Gasteiger partial charge in [-0.15, -0.1) is 0 Å². The molecular weight excluding hydrogens is 400 g/mol. The second kappa shape index (κ2) is 9.74. The van der Waals surface area contributed by atoms with Crippen molar-refractivity contribution in [3.63, 3.8) is 0 Å². The van der Waals surface area contributed by atoms with E-state index in [0.29, 0.717) is 36.7 Å². The SMILES string of the molecule is Cc1nc(-c2cnn(C)c2COC2CCCCO2)ncc1O[C@H]1CCC[C@H](C(=O)O)C1. The molecule has 1 aliphatic heterocycles. The van der Waals surface area contributed by atoms with Crippen LogP contribution in [0.5, 0.6) is 5.75 Å². The third kappa shape index (κ3) is 5.22. The molecule has 1 aliphatic carbocycles. The first-order valence-corrected chi connectivity index (χ1v) is 11.0. The Bertz CT molecular complexity index is 909. The highest BCUT2D eigenvalue weighted by Gasteiger charge is 2.28. The third-order valence-electron chi connectivity index (χ3n) is 6.05. The van der Waals surface area contributed by atoms with Crippen LogP contribution in [0.4, 0.5) is 0 Å². The molecule has 1 N–H and O–H groups in total. The lowest BCUT2D eigenvalue weighted by Gasteiger charge is -2.27. The van der Waals surface area contributed by atoms with Crippen molar-refractivity contribution in [3.8, 4) is 17.1 Å². The molecule has 0 amide bonds. The van der Waals surface area contributed by atoms with E-state index in [4.69, 9.17) is 14.2 Å². The fraction of sp³-hybridized carbons (Fsp3) is 0.636. The number of carboxylic acid groups (broad SMARTS) is 1. The second-order valence-corrected chi connectivity index (χ2v) is 8.32. The van der Waals surface area contributed by atoms with Crippen LogP contribution < -0.4 is 4.74 Å². The van der Waals surface area contributed by atoms with Crippen molar-refractivity contribution in [3.05, 3.63) is 23.8 Å². The molecule has 9 nitrogen and oxygen atoms in total. The molecule has 3 atom stereocenters. The topological polar surface area (TPSA) is 109 Å². The first-order chi connectivity index (χ1) is 15.0. The van der Waals surface area contributed by atoms with Gasteiger partial charge in [-0.2, -0.15) is 5.10 Å². The summed E-state index contributed by atoms with van der Waals surface area (Å²) in [4.78, 5) is 20.4. The molecule has 2 aromatic rings. The number of ether oxygens (including phenoxy) is 3. The number of aliphatic carboxylic acids is 1. The number of aromatic nitrogens is 4. The summed E-state index contributed by atoms with van der Waals surface area (Å²) < 4.78 is 19.4. The Morgan fingerprint density at radius 1 is 1.26 bits per heavy atom. The predicted octanol–water partition coefficient (Wildman–Crippen LogP) is 3.25. The Morgan fingerprint density at radius 3 is 2.87 bits per heavy atom. The molecule has 0 bridgehead atoms. The van der Waals surface area contributed by atoms with Crippen LogP contribution >= 0.6 is 0 Å². The van der Waals surface area contributed by atoms with Gasteiger partial charge in [0.05, 0.1) is 48.0 Å². The van der Waals surface area contributed by atoms with Crippen LogP contribution in [0.2, 0.25) is 0 Å². The van der Waals surface area contributed by atoms with Crippen molar-refractivity contribution in [1.29, 1.82) is 0 Å². The van der Waals surface area contributed by atoms with Crippen molar-refractivity contribution >= 4 is 5.97 Å². The van der Waals surface area contributed by atoms with Gasteiger partial charge in [-0.25, -0.2) is 9.97 Å². The Kier molecular flexibility index (Phi) is 6.82. The second-order valence-electron chi connectivity index (χ2n) is 8.32. The van der Waals surface area contributed by atoms with Gasteiger partial charge in [0.25, 0.3) is 0 Å². The number of carbonyl (C=O) groups is 1. The smallest absolute Gasteiger partial charge is 0.306 e. The standard InChI is InChI=1S/C22H30N4O5/c1-14-19(31-16-7-5-6-15(10-16)22(27)28)12-23-21(25-14)17-11-24-26(2)18(17)13-30-20-8-3-4-9-29-20/h11-12,15-16,20H,3-10,13H2,1-2H3,(H,27,28)/t15-,16-,20?/m0/s1. The van der Waals surface area contributed by atoms with Gasteiger partial charge >= 0.3 is 5.97 Å². The molecular formula is C22H30N4O5. The summed E-state index contributed by atoms with van der Waals surface area (Å²) in [6.45, 7) is 2.98. The molecule has 168 valence electrons. The monoisotopic (exact) mass is 430 g/mol. The van der Waals surface area contributed by atoms with Gasteiger partial charge in [0.2, 0.25) is 0 Å². The van der Waals surface area contributed by atoms with E-state index in [1.807, 2.05) is 14.0 Å². The van der Waals surface area contributed by atoms with E-state index in [-0.39, 0.29) is 18.3 Å². The van der Waals surface area contributed by atoms with Gasteiger partial charge in [0, 0.05) is 13.7 Å². The lowest BCUT2D eigenvalue weighted by Crippen LogP contribution is -2.29. The fourth-order valence-electron chi connectivity index (χ4n) is 4.19. The quantitative estimate of drug-likeness (QED) is 0.713. The maximum atomic E-state index is 11.3. The molecule has 2 fully saturated rings. The number of carboxylic acids is 1. The molecule has 1 unspecified atom stereocenters. The number of hydrogen-bond acceptors (Lipinski definition) is 7. The number of aryl methyl sites for hydroxylation is 2. The molecule has 1 saturated heterocycles. The Morgan fingerprint density at radius 2 is 2.13 bits per heavy atom. The van der Waals surface area contributed by atoms with Crippen molar-refractivity contribution in [1.82, 2.24) is 19.7 Å². The molecule has 0 spiro atoms. The highest BCUT2D eigenvalue weighted by molar-refractivity contribution is 5.70. The third-order valence-corrected chi connectivity index (χ3v) is 6.05. The van der Waals surface area contributed by atoms with Crippen molar-refractivity contribution < 1.29 is 24.1 Å². The average molecular weight is 431 g/mol. The van der Waals surface area contributed by atoms with E-state index < -0.39 is 5.97 Å². The molecule has 4 rings (SSSR count). The van der Waals surface area contributed by atoms with Gasteiger partial charge < -0.3 is 19.3 Å². The summed E-state index contributed by atoms with van der Waals surface area (Å²) in [6, 6.07) is 0. The van der Waals surface area contributed by atoms with Crippen molar-refractivity contribution in [2.75, 3.05) is 6.61 Å². The first-order valence-electron chi connectivity index (χ1n) is 11.0. The molecule has 2 aliphatic rings. The maximum absolute atomic E-state index is 11.3. The molecule has 0 aromatic carbocycles. The van der Waals surface area contributed by atoms with Crippen molar-refractivity contribution in [2.24, 2.45) is 13.0 Å².